The Kier molecular flexibility index (Phi) is 5.19. The first-order valence-electron chi connectivity index (χ1n) is 7.56. The van der Waals surface area contributed by atoms with E-state index >= 15 is 0 Å². The first-order valence-corrected chi connectivity index (χ1v) is 8.71. The van der Waals surface area contributed by atoms with Gasteiger partial charge in [0.1, 0.15) is 0 Å². The summed E-state index contributed by atoms with van der Waals surface area (Å²) in [4.78, 5) is 12.0. The number of nitrogens with one attached hydrogen (secondary N) is 2. The van der Waals surface area contributed by atoms with Crippen molar-refractivity contribution < 1.29 is 9.21 Å². The Morgan fingerprint density at radius 1 is 1.32 bits per heavy atom. The Morgan fingerprint density at radius 3 is 3.05 bits per heavy atom. The maximum atomic E-state index is 12.0. The van der Waals surface area contributed by atoms with E-state index in [2.05, 4.69) is 16.7 Å². The second-order valence-electron chi connectivity index (χ2n) is 5.43. The van der Waals surface area contributed by atoms with Crippen LogP contribution in [0.2, 0.25) is 0 Å². The lowest BCUT2D eigenvalue weighted by molar-refractivity contribution is 0.0996. The average Bonchev–Trinajstić information content (AvgIpc) is 3.09. The summed E-state index contributed by atoms with van der Waals surface area (Å²) in [5.74, 6) is 2.57. The fraction of sp³-hybridized carbons (Fsp3) is 0.353. The zero-order chi connectivity index (χ0) is 15.2. The molecule has 3 rings (SSSR count). The number of hydrogen-bond donors (Lipinski definition) is 2. The number of furan rings is 1. The Hall–Kier alpha value is -1.72. The van der Waals surface area contributed by atoms with Gasteiger partial charge in [-0.3, -0.25) is 4.79 Å². The van der Waals surface area contributed by atoms with Crippen molar-refractivity contribution in [2.24, 2.45) is 0 Å². The first kappa shape index (κ1) is 15.2. The van der Waals surface area contributed by atoms with Crippen molar-refractivity contribution in [1.82, 2.24) is 5.32 Å². The van der Waals surface area contributed by atoms with Crippen molar-refractivity contribution in [3.63, 3.8) is 0 Å². The highest BCUT2D eigenvalue weighted by Gasteiger charge is 2.13. The van der Waals surface area contributed by atoms with E-state index in [0.717, 1.165) is 12.2 Å². The quantitative estimate of drug-likeness (QED) is 0.886. The van der Waals surface area contributed by atoms with E-state index in [1.165, 1.54) is 36.2 Å². The van der Waals surface area contributed by atoms with Crippen molar-refractivity contribution in [1.29, 1.82) is 0 Å². The Balaban J connectivity index is 1.56. The van der Waals surface area contributed by atoms with E-state index in [0.29, 0.717) is 11.8 Å². The number of benzene rings is 1. The molecule has 1 aromatic carbocycles. The van der Waals surface area contributed by atoms with Gasteiger partial charge < -0.3 is 15.1 Å². The van der Waals surface area contributed by atoms with Crippen molar-refractivity contribution in [2.45, 2.75) is 25.4 Å². The van der Waals surface area contributed by atoms with Crippen molar-refractivity contribution in [3.8, 4) is 0 Å². The molecule has 1 fully saturated rings. The molecule has 1 amide bonds. The van der Waals surface area contributed by atoms with Gasteiger partial charge >= 0.3 is 0 Å². The molecular weight excluding hydrogens is 296 g/mol. The summed E-state index contributed by atoms with van der Waals surface area (Å²) in [5.41, 5.74) is 1.96. The second kappa shape index (κ2) is 7.51. The first-order chi connectivity index (χ1) is 10.8. The summed E-state index contributed by atoms with van der Waals surface area (Å²) >= 11 is 2.02. The molecule has 1 aromatic heterocycles. The summed E-state index contributed by atoms with van der Waals surface area (Å²) in [5, 5.41) is 6.45. The monoisotopic (exact) mass is 316 g/mol. The molecule has 2 aromatic rings. The van der Waals surface area contributed by atoms with E-state index in [4.69, 9.17) is 4.42 Å². The minimum Gasteiger partial charge on any atom is -0.459 e. The van der Waals surface area contributed by atoms with Gasteiger partial charge in [0.05, 0.1) is 6.26 Å². The predicted molar refractivity (Wildman–Crippen MR) is 90.3 cm³/mol. The topological polar surface area (TPSA) is 54.3 Å². The number of carbonyl (C=O) groups is 1. The van der Waals surface area contributed by atoms with Crippen LogP contribution in [0.25, 0.3) is 0 Å². The molecule has 22 heavy (non-hydrogen) atoms. The molecule has 0 spiro atoms. The van der Waals surface area contributed by atoms with Gasteiger partial charge in [0, 0.05) is 24.0 Å². The zero-order valence-corrected chi connectivity index (χ0v) is 13.2. The summed E-state index contributed by atoms with van der Waals surface area (Å²) in [6, 6.07) is 11.9. The lowest BCUT2D eigenvalue weighted by Gasteiger charge is -2.22. The van der Waals surface area contributed by atoms with Crippen molar-refractivity contribution in [2.75, 3.05) is 16.8 Å². The van der Waals surface area contributed by atoms with E-state index in [-0.39, 0.29) is 5.91 Å². The number of carbonyl (C=O) groups excluding carboxylic acids is 1. The molecule has 2 heterocycles. The van der Waals surface area contributed by atoms with Crippen LogP contribution in [0.3, 0.4) is 0 Å². The molecule has 2 N–H and O–H groups in total. The van der Waals surface area contributed by atoms with Crippen LogP contribution in [0, 0.1) is 0 Å². The van der Waals surface area contributed by atoms with Crippen LogP contribution >= 0.6 is 11.8 Å². The molecule has 1 atom stereocenters. The molecule has 0 bridgehead atoms. The SMILES string of the molecule is O=C(Nc1cccc(CN[C@@H]2CCCSC2)c1)c1ccco1. The predicted octanol–water partition coefficient (Wildman–Crippen LogP) is 3.52. The van der Waals surface area contributed by atoms with Gasteiger partial charge in [-0.25, -0.2) is 0 Å². The van der Waals surface area contributed by atoms with Crippen LogP contribution in [0.1, 0.15) is 29.0 Å². The number of hydrogen-bond acceptors (Lipinski definition) is 4. The molecular formula is C17H20N2O2S. The molecule has 1 aliphatic heterocycles. The van der Waals surface area contributed by atoms with Crippen LogP contribution in [-0.4, -0.2) is 23.5 Å². The summed E-state index contributed by atoms with van der Waals surface area (Å²) in [7, 11) is 0. The molecule has 116 valence electrons. The Morgan fingerprint density at radius 2 is 2.27 bits per heavy atom. The molecule has 1 saturated heterocycles. The standard InChI is InChI=1S/C17H20N2O2S/c20-17(16-7-2-8-21-16)19-14-5-1-4-13(10-14)11-18-15-6-3-9-22-12-15/h1-2,4-5,7-8,10,15,18H,3,6,9,11-12H2,(H,19,20)/t15-/m1/s1. The summed E-state index contributed by atoms with van der Waals surface area (Å²) < 4.78 is 5.10. The Bertz CT molecular complexity index is 607. The Labute approximate surface area is 134 Å². The third-order valence-corrected chi connectivity index (χ3v) is 4.90. The average molecular weight is 316 g/mol. The van der Waals surface area contributed by atoms with Gasteiger partial charge in [-0.1, -0.05) is 12.1 Å². The summed E-state index contributed by atoms with van der Waals surface area (Å²) in [6.07, 6.45) is 4.04. The van der Waals surface area contributed by atoms with Gasteiger partial charge in [-0.2, -0.15) is 11.8 Å². The van der Waals surface area contributed by atoms with Gasteiger partial charge in [0.25, 0.3) is 5.91 Å². The van der Waals surface area contributed by atoms with Crippen molar-refractivity contribution in [3.05, 3.63) is 54.0 Å². The molecule has 0 unspecified atom stereocenters. The fourth-order valence-electron chi connectivity index (χ4n) is 2.52. The molecule has 0 saturated carbocycles. The number of rotatable bonds is 5. The molecule has 5 heteroatoms. The molecule has 1 aliphatic rings. The summed E-state index contributed by atoms with van der Waals surface area (Å²) in [6.45, 7) is 0.829. The zero-order valence-electron chi connectivity index (χ0n) is 12.4. The van der Waals surface area contributed by atoms with Gasteiger partial charge in [0.15, 0.2) is 5.76 Å². The highest BCUT2D eigenvalue weighted by molar-refractivity contribution is 7.99. The van der Waals surface area contributed by atoms with E-state index < -0.39 is 0 Å². The lowest BCUT2D eigenvalue weighted by Crippen LogP contribution is -2.33. The van der Waals surface area contributed by atoms with Gasteiger partial charge in [0.2, 0.25) is 0 Å². The maximum Gasteiger partial charge on any atom is 0.291 e. The lowest BCUT2D eigenvalue weighted by atomic mass is 10.1. The molecule has 0 radical (unpaired) electrons. The molecule has 4 nitrogen and oxygen atoms in total. The van der Waals surface area contributed by atoms with E-state index in [1.54, 1.807) is 12.1 Å². The smallest absolute Gasteiger partial charge is 0.291 e. The number of thioether (sulfide) groups is 1. The third-order valence-electron chi connectivity index (χ3n) is 3.68. The maximum absolute atomic E-state index is 12.0. The minimum atomic E-state index is -0.223. The van der Waals surface area contributed by atoms with Crippen LogP contribution in [0.15, 0.2) is 47.1 Å². The van der Waals surface area contributed by atoms with E-state index in [9.17, 15) is 4.79 Å². The highest BCUT2D eigenvalue weighted by atomic mass is 32.2. The van der Waals surface area contributed by atoms with Crippen LogP contribution in [0.5, 0.6) is 0 Å². The minimum absolute atomic E-state index is 0.223. The number of amides is 1. The van der Waals surface area contributed by atoms with Gasteiger partial charge in [-0.05, 0) is 48.4 Å². The molecule has 0 aliphatic carbocycles. The van der Waals surface area contributed by atoms with E-state index in [1.807, 2.05) is 30.0 Å². The van der Waals surface area contributed by atoms with Crippen LogP contribution in [-0.2, 0) is 6.54 Å². The van der Waals surface area contributed by atoms with Gasteiger partial charge in [-0.15, -0.1) is 0 Å². The fourth-order valence-corrected chi connectivity index (χ4v) is 3.63. The third kappa shape index (κ3) is 4.15. The highest BCUT2D eigenvalue weighted by Crippen LogP contribution is 2.18. The number of anilines is 1. The normalized spacial score (nSPS) is 18.1. The largest absolute Gasteiger partial charge is 0.459 e. The van der Waals surface area contributed by atoms with Crippen LogP contribution in [0.4, 0.5) is 5.69 Å². The second-order valence-corrected chi connectivity index (χ2v) is 6.58. The van der Waals surface area contributed by atoms with Crippen LogP contribution < -0.4 is 10.6 Å². The van der Waals surface area contributed by atoms with Crippen molar-refractivity contribution >= 4 is 23.4 Å².